The molecule has 1 atom stereocenters. The Hall–Kier alpha value is -1.28. The maximum atomic E-state index is 9.57. The third-order valence-electron chi connectivity index (χ3n) is 3.14. The molecule has 0 aliphatic rings. The average Bonchev–Trinajstić information content (AvgIpc) is 2.82. The number of nitriles is 1. The van der Waals surface area contributed by atoms with E-state index in [0.29, 0.717) is 21.5 Å². The number of pyridine rings is 1. The highest BCUT2D eigenvalue weighted by Crippen LogP contribution is 2.39. The fourth-order valence-electron chi connectivity index (χ4n) is 1.80. The van der Waals surface area contributed by atoms with Crippen molar-refractivity contribution in [2.24, 2.45) is 0 Å². The second-order valence-electron chi connectivity index (χ2n) is 4.26. The van der Waals surface area contributed by atoms with Crippen molar-refractivity contribution >= 4 is 34.5 Å². The van der Waals surface area contributed by atoms with Crippen LogP contribution >= 0.6 is 34.5 Å². The minimum Gasteiger partial charge on any atom is -0.481 e. The van der Waals surface area contributed by atoms with Gasteiger partial charge in [0, 0.05) is 17.8 Å². The van der Waals surface area contributed by atoms with Crippen molar-refractivity contribution in [1.29, 1.82) is 5.26 Å². The van der Waals surface area contributed by atoms with Gasteiger partial charge in [-0.05, 0) is 18.1 Å². The first-order valence-electron chi connectivity index (χ1n) is 6.00. The van der Waals surface area contributed by atoms with Gasteiger partial charge in [0.1, 0.15) is 17.0 Å². The molecule has 1 unspecified atom stereocenters. The summed E-state index contributed by atoms with van der Waals surface area (Å²) in [5.74, 6) is 0. The van der Waals surface area contributed by atoms with Gasteiger partial charge in [0.25, 0.3) is 0 Å². The molecule has 2 aromatic heterocycles. The predicted octanol–water partition coefficient (Wildman–Crippen LogP) is 4.70. The molecule has 2 aromatic rings. The zero-order chi connectivity index (χ0) is 14.6. The van der Waals surface area contributed by atoms with Gasteiger partial charge in [-0.3, -0.25) is 4.98 Å². The van der Waals surface area contributed by atoms with Gasteiger partial charge < -0.3 is 4.74 Å². The van der Waals surface area contributed by atoms with Crippen LogP contribution in [0.25, 0.3) is 0 Å². The van der Waals surface area contributed by atoms with Crippen LogP contribution in [0, 0.1) is 11.3 Å². The van der Waals surface area contributed by atoms with Crippen LogP contribution in [-0.2, 0) is 5.41 Å². The van der Waals surface area contributed by atoms with Crippen molar-refractivity contribution in [2.45, 2.75) is 18.8 Å². The lowest BCUT2D eigenvalue weighted by molar-refractivity contribution is 0.253. The van der Waals surface area contributed by atoms with Gasteiger partial charge in [-0.1, -0.05) is 36.2 Å². The third-order valence-corrected chi connectivity index (χ3v) is 5.04. The van der Waals surface area contributed by atoms with E-state index in [1.807, 2.05) is 19.1 Å². The summed E-state index contributed by atoms with van der Waals surface area (Å²) in [7, 11) is 0. The molecule has 0 bridgehead atoms. The van der Waals surface area contributed by atoms with E-state index in [4.69, 9.17) is 27.9 Å². The molecule has 0 aliphatic carbocycles. The summed E-state index contributed by atoms with van der Waals surface area (Å²) in [6.45, 7) is 2.16. The first-order chi connectivity index (χ1) is 9.63. The molecule has 0 fully saturated rings. The van der Waals surface area contributed by atoms with Crippen molar-refractivity contribution < 1.29 is 4.74 Å². The Morgan fingerprint density at radius 2 is 2.30 bits per heavy atom. The highest BCUT2D eigenvalue weighted by atomic mass is 35.5. The van der Waals surface area contributed by atoms with Crippen molar-refractivity contribution in [3.8, 4) is 11.1 Å². The fourth-order valence-corrected chi connectivity index (χ4v) is 3.06. The maximum Gasteiger partial charge on any atom is 0.194 e. The van der Waals surface area contributed by atoms with E-state index in [1.54, 1.807) is 17.8 Å². The van der Waals surface area contributed by atoms with Crippen LogP contribution < -0.4 is 4.74 Å². The quantitative estimate of drug-likeness (QED) is 0.799. The van der Waals surface area contributed by atoms with E-state index >= 15 is 0 Å². The molecule has 0 aromatic carbocycles. The highest BCUT2D eigenvalue weighted by molar-refractivity contribution is 7.13. The largest absolute Gasteiger partial charge is 0.481 e. The Labute approximate surface area is 131 Å². The standard InChI is InChI=1S/C14H12Cl2N2OS/c1-2-14(8-17,10-4-3-5-18-6-10)9-19-13-12(16)11(15)7-20-13/h3-7H,2,9H2,1H3. The topological polar surface area (TPSA) is 45.9 Å². The van der Waals surface area contributed by atoms with Crippen LogP contribution in [0.3, 0.4) is 0 Å². The van der Waals surface area contributed by atoms with Crippen molar-refractivity contribution in [1.82, 2.24) is 4.98 Å². The van der Waals surface area contributed by atoms with E-state index in [-0.39, 0.29) is 6.61 Å². The lowest BCUT2D eigenvalue weighted by Gasteiger charge is -2.25. The number of rotatable bonds is 5. The molecule has 0 amide bonds. The SMILES string of the molecule is CCC(C#N)(COc1scc(Cl)c1Cl)c1cccnc1. The molecule has 0 saturated carbocycles. The molecule has 2 rings (SSSR count). The first-order valence-corrected chi connectivity index (χ1v) is 7.63. The lowest BCUT2D eigenvalue weighted by Crippen LogP contribution is -2.31. The number of nitrogens with zero attached hydrogens (tertiary/aromatic N) is 2. The molecule has 3 nitrogen and oxygen atoms in total. The molecule has 2 heterocycles. The molecular formula is C14H12Cl2N2OS. The summed E-state index contributed by atoms with van der Waals surface area (Å²) < 4.78 is 5.71. The average molecular weight is 327 g/mol. The van der Waals surface area contributed by atoms with Gasteiger partial charge in [0.05, 0.1) is 11.1 Å². The van der Waals surface area contributed by atoms with Gasteiger partial charge in [-0.2, -0.15) is 5.26 Å². The van der Waals surface area contributed by atoms with Crippen LogP contribution in [0.1, 0.15) is 18.9 Å². The number of thiophene rings is 1. The number of hydrogen-bond acceptors (Lipinski definition) is 4. The number of ether oxygens (including phenoxy) is 1. The minimum atomic E-state index is -0.742. The smallest absolute Gasteiger partial charge is 0.194 e. The van der Waals surface area contributed by atoms with E-state index in [9.17, 15) is 5.26 Å². The summed E-state index contributed by atoms with van der Waals surface area (Å²) in [5.41, 5.74) is 0.0948. The third kappa shape index (κ3) is 2.90. The Morgan fingerprint density at radius 1 is 1.50 bits per heavy atom. The summed E-state index contributed by atoms with van der Waals surface area (Å²) in [5, 5.41) is 12.7. The Balaban J connectivity index is 2.23. The summed E-state index contributed by atoms with van der Waals surface area (Å²) in [6.07, 6.45) is 3.99. The van der Waals surface area contributed by atoms with Crippen molar-refractivity contribution in [2.75, 3.05) is 6.61 Å². The highest BCUT2D eigenvalue weighted by Gasteiger charge is 2.32. The molecule has 0 saturated heterocycles. The van der Waals surface area contributed by atoms with Gasteiger partial charge >= 0.3 is 0 Å². The predicted molar refractivity (Wildman–Crippen MR) is 81.7 cm³/mol. The maximum absolute atomic E-state index is 9.57. The normalized spacial score (nSPS) is 13.5. The zero-order valence-electron chi connectivity index (χ0n) is 10.8. The van der Waals surface area contributed by atoms with Crippen LogP contribution in [0.2, 0.25) is 10.0 Å². The molecule has 0 N–H and O–H groups in total. The molecular weight excluding hydrogens is 315 g/mol. The van der Waals surface area contributed by atoms with Gasteiger partial charge in [-0.25, -0.2) is 0 Å². The molecule has 6 heteroatoms. The molecule has 104 valence electrons. The van der Waals surface area contributed by atoms with Crippen molar-refractivity contribution in [3.05, 3.63) is 45.5 Å². The second-order valence-corrected chi connectivity index (χ2v) is 5.89. The van der Waals surface area contributed by atoms with Crippen molar-refractivity contribution in [3.63, 3.8) is 0 Å². The minimum absolute atomic E-state index is 0.211. The molecule has 0 radical (unpaired) electrons. The van der Waals surface area contributed by atoms with Gasteiger partial charge in [-0.15, -0.1) is 11.3 Å². The molecule has 0 aliphatic heterocycles. The first kappa shape index (κ1) is 15.1. The number of hydrogen-bond donors (Lipinski definition) is 0. The van der Waals surface area contributed by atoms with E-state index in [1.165, 1.54) is 11.3 Å². The summed E-state index contributed by atoms with van der Waals surface area (Å²) in [4.78, 5) is 4.07. The Bertz CT molecular complexity index is 624. The summed E-state index contributed by atoms with van der Waals surface area (Å²) in [6, 6.07) is 6.03. The van der Waals surface area contributed by atoms with E-state index in [2.05, 4.69) is 11.1 Å². The van der Waals surface area contributed by atoms with Crippen LogP contribution in [0.4, 0.5) is 0 Å². The zero-order valence-corrected chi connectivity index (χ0v) is 13.1. The number of halogens is 2. The van der Waals surface area contributed by atoms with E-state index in [0.717, 1.165) is 5.56 Å². The Morgan fingerprint density at radius 3 is 2.80 bits per heavy atom. The van der Waals surface area contributed by atoms with Gasteiger partial charge in [0.15, 0.2) is 5.06 Å². The van der Waals surface area contributed by atoms with E-state index < -0.39 is 5.41 Å². The van der Waals surface area contributed by atoms with Crippen LogP contribution in [0.5, 0.6) is 5.06 Å². The number of aromatic nitrogens is 1. The fraction of sp³-hybridized carbons (Fsp3) is 0.286. The lowest BCUT2D eigenvalue weighted by atomic mass is 9.81. The second kappa shape index (κ2) is 6.45. The van der Waals surface area contributed by atoms with Crippen LogP contribution in [-0.4, -0.2) is 11.6 Å². The monoisotopic (exact) mass is 326 g/mol. The molecule has 0 spiro atoms. The summed E-state index contributed by atoms with van der Waals surface area (Å²) >= 11 is 13.2. The van der Waals surface area contributed by atoms with Gasteiger partial charge in [0.2, 0.25) is 0 Å². The molecule has 20 heavy (non-hydrogen) atoms. The Kier molecular flexibility index (Phi) is 4.87. The van der Waals surface area contributed by atoms with Crippen LogP contribution in [0.15, 0.2) is 29.9 Å².